The number of benzene rings is 1. The van der Waals surface area contributed by atoms with E-state index in [1.54, 1.807) is 19.1 Å². The van der Waals surface area contributed by atoms with Crippen LogP contribution in [0.25, 0.3) is 0 Å². The molecule has 0 aliphatic carbocycles. The molecule has 100 valence electrons. The van der Waals surface area contributed by atoms with Crippen molar-refractivity contribution in [3.8, 4) is 0 Å². The predicted molar refractivity (Wildman–Crippen MR) is 73.4 cm³/mol. The third-order valence-corrected chi connectivity index (χ3v) is 3.04. The van der Waals surface area contributed by atoms with Gasteiger partial charge >= 0.3 is 0 Å². The number of ether oxygens (including phenoxy) is 1. The van der Waals surface area contributed by atoms with E-state index < -0.39 is 5.60 Å². The van der Waals surface area contributed by atoms with Crippen molar-refractivity contribution in [3.63, 3.8) is 0 Å². The molecule has 0 heterocycles. The summed E-state index contributed by atoms with van der Waals surface area (Å²) < 4.78 is 5.27. The maximum atomic E-state index is 12.1. The van der Waals surface area contributed by atoms with Crippen LogP contribution < -0.4 is 10.6 Å². The van der Waals surface area contributed by atoms with Crippen LogP contribution in [0, 0.1) is 0 Å². The summed E-state index contributed by atoms with van der Waals surface area (Å²) in [6.07, 6.45) is 0.340. The van der Waals surface area contributed by atoms with Crippen LogP contribution in [0.4, 0.5) is 5.69 Å². The molecule has 0 saturated carbocycles. The van der Waals surface area contributed by atoms with E-state index in [-0.39, 0.29) is 5.91 Å². The fourth-order valence-corrected chi connectivity index (χ4v) is 1.59. The van der Waals surface area contributed by atoms with Crippen molar-refractivity contribution in [1.82, 2.24) is 0 Å². The normalized spacial score (nSPS) is 11.4. The number of methoxy groups -OCH3 is 1. The minimum atomic E-state index is -0.448. The van der Waals surface area contributed by atoms with Crippen LogP contribution in [0.15, 0.2) is 24.3 Å². The van der Waals surface area contributed by atoms with Gasteiger partial charge in [-0.15, -0.1) is 0 Å². The van der Waals surface area contributed by atoms with Gasteiger partial charge in [0, 0.05) is 26.4 Å². The van der Waals surface area contributed by atoms with E-state index in [2.05, 4.69) is 0 Å². The Morgan fingerprint density at radius 3 is 2.67 bits per heavy atom. The first kappa shape index (κ1) is 14.7. The molecule has 1 aromatic rings. The molecule has 0 saturated heterocycles. The molecule has 0 aliphatic heterocycles. The van der Waals surface area contributed by atoms with E-state index in [4.69, 9.17) is 10.5 Å². The lowest BCUT2D eigenvalue weighted by molar-refractivity contribution is -0.123. The molecule has 0 spiro atoms. The van der Waals surface area contributed by atoms with E-state index in [1.807, 2.05) is 38.1 Å². The number of rotatable bonds is 5. The van der Waals surface area contributed by atoms with Crippen molar-refractivity contribution in [2.75, 3.05) is 19.1 Å². The van der Waals surface area contributed by atoms with Gasteiger partial charge in [0.25, 0.3) is 0 Å². The molecule has 18 heavy (non-hydrogen) atoms. The second-order valence-electron chi connectivity index (χ2n) is 4.97. The monoisotopic (exact) mass is 250 g/mol. The molecule has 0 fully saturated rings. The Balaban J connectivity index is 2.80. The molecule has 1 amide bonds. The molecule has 1 aromatic carbocycles. The van der Waals surface area contributed by atoms with Gasteiger partial charge in [-0.25, -0.2) is 0 Å². The third-order valence-electron chi connectivity index (χ3n) is 3.04. The molecule has 4 nitrogen and oxygen atoms in total. The van der Waals surface area contributed by atoms with Gasteiger partial charge < -0.3 is 15.4 Å². The summed E-state index contributed by atoms with van der Waals surface area (Å²) in [5.41, 5.74) is 7.02. The Labute approximate surface area is 109 Å². The van der Waals surface area contributed by atoms with Gasteiger partial charge in [0.2, 0.25) is 5.91 Å². The van der Waals surface area contributed by atoms with E-state index in [9.17, 15) is 4.79 Å². The maximum Gasteiger partial charge on any atom is 0.229 e. The Morgan fingerprint density at radius 2 is 2.11 bits per heavy atom. The van der Waals surface area contributed by atoms with E-state index in [0.29, 0.717) is 13.0 Å². The van der Waals surface area contributed by atoms with Gasteiger partial charge in [0.1, 0.15) is 0 Å². The van der Waals surface area contributed by atoms with E-state index in [1.165, 1.54) is 0 Å². The lowest BCUT2D eigenvalue weighted by Crippen LogP contribution is -2.35. The van der Waals surface area contributed by atoms with Crippen molar-refractivity contribution >= 4 is 11.6 Å². The molecule has 2 N–H and O–H groups in total. The molecule has 0 aliphatic rings. The van der Waals surface area contributed by atoms with Gasteiger partial charge in [-0.3, -0.25) is 4.79 Å². The summed E-state index contributed by atoms with van der Waals surface area (Å²) in [6, 6.07) is 7.68. The highest BCUT2D eigenvalue weighted by Gasteiger charge is 2.23. The largest absolute Gasteiger partial charge is 0.378 e. The van der Waals surface area contributed by atoms with Gasteiger partial charge in [0.15, 0.2) is 0 Å². The molecular formula is C14H22N2O2. The number of nitrogens with two attached hydrogens (primary N) is 1. The average molecular weight is 250 g/mol. The second-order valence-corrected chi connectivity index (χ2v) is 4.97. The summed E-state index contributed by atoms with van der Waals surface area (Å²) in [5.74, 6) is 0.0241. The number of nitrogens with zero attached hydrogens (tertiary/aromatic N) is 1. The molecule has 0 aromatic heterocycles. The summed E-state index contributed by atoms with van der Waals surface area (Å²) in [7, 11) is 3.38. The zero-order valence-electron chi connectivity index (χ0n) is 11.6. The van der Waals surface area contributed by atoms with Crippen LogP contribution in [-0.2, 0) is 16.1 Å². The highest BCUT2D eigenvalue weighted by molar-refractivity contribution is 5.93. The quantitative estimate of drug-likeness (QED) is 0.868. The number of hydrogen-bond acceptors (Lipinski definition) is 3. The maximum absolute atomic E-state index is 12.1. The minimum Gasteiger partial charge on any atom is -0.378 e. The van der Waals surface area contributed by atoms with Gasteiger partial charge in [0.05, 0.1) is 12.0 Å². The van der Waals surface area contributed by atoms with Crippen molar-refractivity contribution in [2.45, 2.75) is 32.4 Å². The number of carbonyl (C=O) groups excluding carboxylic acids is 1. The van der Waals surface area contributed by atoms with Crippen LogP contribution >= 0.6 is 0 Å². The second kappa shape index (κ2) is 5.98. The summed E-state index contributed by atoms with van der Waals surface area (Å²) in [4.78, 5) is 13.8. The van der Waals surface area contributed by atoms with Crippen molar-refractivity contribution in [1.29, 1.82) is 0 Å². The Bertz CT molecular complexity index is 416. The molecular weight excluding hydrogens is 228 g/mol. The molecule has 1 rings (SSSR count). The SMILES string of the molecule is COC(C)(C)CC(=O)N(C)c1cccc(CN)c1. The van der Waals surface area contributed by atoms with E-state index in [0.717, 1.165) is 11.3 Å². The number of hydrogen-bond donors (Lipinski definition) is 1. The van der Waals surface area contributed by atoms with Crippen molar-refractivity contribution in [3.05, 3.63) is 29.8 Å². The zero-order valence-corrected chi connectivity index (χ0v) is 11.6. The zero-order chi connectivity index (χ0) is 13.8. The fraction of sp³-hybridized carbons (Fsp3) is 0.500. The first-order valence-corrected chi connectivity index (χ1v) is 6.00. The number of anilines is 1. The summed E-state index contributed by atoms with van der Waals surface area (Å²) >= 11 is 0. The van der Waals surface area contributed by atoms with Crippen LogP contribution in [0.5, 0.6) is 0 Å². The topological polar surface area (TPSA) is 55.6 Å². The lowest BCUT2D eigenvalue weighted by atomic mass is 10.0. The third kappa shape index (κ3) is 3.82. The van der Waals surface area contributed by atoms with Crippen LogP contribution in [0.1, 0.15) is 25.8 Å². The molecule has 0 unspecified atom stereocenters. The molecule has 0 atom stereocenters. The number of carbonyl (C=O) groups is 1. The number of amides is 1. The van der Waals surface area contributed by atoms with Gasteiger partial charge in [-0.1, -0.05) is 12.1 Å². The van der Waals surface area contributed by atoms with Crippen LogP contribution in [0.2, 0.25) is 0 Å². The Kier molecular flexibility index (Phi) is 4.87. The van der Waals surface area contributed by atoms with Gasteiger partial charge in [-0.05, 0) is 31.5 Å². The first-order chi connectivity index (χ1) is 8.39. The first-order valence-electron chi connectivity index (χ1n) is 6.00. The minimum absolute atomic E-state index is 0.0241. The average Bonchev–Trinajstić information content (AvgIpc) is 2.37. The molecule has 4 heteroatoms. The standard InChI is InChI=1S/C14H22N2O2/c1-14(2,18-4)9-13(17)16(3)12-7-5-6-11(8-12)10-15/h5-8H,9-10,15H2,1-4H3. The molecule has 0 bridgehead atoms. The summed E-state index contributed by atoms with van der Waals surface area (Å²) in [6.45, 7) is 4.27. The van der Waals surface area contributed by atoms with Crippen molar-refractivity contribution in [2.24, 2.45) is 5.73 Å². The van der Waals surface area contributed by atoms with Gasteiger partial charge in [-0.2, -0.15) is 0 Å². The predicted octanol–water partition coefficient (Wildman–Crippen LogP) is 1.92. The molecule has 0 radical (unpaired) electrons. The van der Waals surface area contributed by atoms with Crippen LogP contribution in [-0.4, -0.2) is 25.7 Å². The Hall–Kier alpha value is -1.39. The smallest absolute Gasteiger partial charge is 0.229 e. The Morgan fingerprint density at radius 1 is 1.44 bits per heavy atom. The lowest BCUT2D eigenvalue weighted by Gasteiger charge is -2.26. The highest BCUT2D eigenvalue weighted by Crippen LogP contribution is 2.19. The summed E-state index contributed by atoms with van der Waals surface area (Å²) in [5, 5.41) is 0. The fourth-order valence-electron chi connectivity index (χ4n) is 1.59. The van der Waals surface area contributed by atoms with Crippen LogP contribution in [0.3, 0.4) is 0 Å². The van der Waals surface area contributed by atoms with E-state index >= 15 is 0 Å². The van der Waals surface area contributed by atoms with Crippen molar-refractivity contribution < 1.29 is 9.53 Å². The highest BCUT2D eigenvalue weighted by atomic mass is 16.5.